The molecule has 6 heteroatoms. The van der Waals surface area contributed by atoms with Gasteiger partial charge in [-0.25, -0.2) is 13.6 Å². The van der Waals surface area contributed by atoms with E-state index in [0.717, 1.165) is 27.3 Å². The van der Waals surface area contributed by atoms with Crippen molar-refractivity contribution in [3.63, 3.8) is 0 Å². The Morgan fingerprint density at radius 2 is 1.41 bits per heavy atom. The summed E-state index contributed by atoms with van der Waals surface area (Å²) in [5, 5.41) is 7.13. The van der Waals surface area contributed by atoms with Gasteiger partial charge >= 0.3 is 0 Å². The van der Waals surface area contributed by atoms with Crippen LogP contribution in [0.1, 0.15) is 0 Å². The summed E-state index contributed by atoms with van der Waals surface area (Å²) in [6, 6.07) is 16.3. The number of hydrogen-bond donors (Lipinski definition) is 2. The molecule has 1 heterocycles. The lowest BCUT2D eigenvalue weighted by Gasteiger charge is -2.06. The summed E-state index contributed by atoms with van der Waals surface area (Å²) < 4.78 is 22.6. The van der Waals surface area contributed by atoms with E-state index in [1.54, 1.807) is 23.5 Å². The van der Waals surface area contributed by atoms with Crippen LogP contribution in [0.5, 0.6) is 0 Å². The van der Waals surface area contributed by atoms with Crippen molar-refractivity contribution in [3.05, 3.63) is 60.0 Å². The van der Waals surface area contributed by atoms with Crippen molar-refractivity contribution < 1.29 is 8.42 Å². The van der Waals surface area contributed by atoms with Crippen LogP contribution in [0.4, 0.5) is 5.69 Å². The number of hydrogen-bond acceptors (Lipinski definition) is 4. The van der Waals surface area contributed by atoms with E-state index in [-0.39, 0.29) is 4.90 Å². The Bertz CT molecular complexity index is 896. The van der Waals surface area contributed by atoms with Crippen LogP contribution in [0.15, 0.2) is 64.9 Å². The molecular weight excluding hydrogens is 316 g/mol. The van der Waals surface area contributed by atoms with Gasteiger partial charge in [0.1, 0.15) is 0 Å². The van der Waals surface area contributed by atoms with Crippen LogP contribution in [0, 0.1) is 0 Å². The van der Waals surface area contributed by atoms with Gasteiger partial charge in [0.05, 0.1) is 4.90 Å². The average Bonchev–Trinajstić information content (AvgIpc) is 2.97. The largest absolute Gasteiger partial charge is 0.399 e. The SMILES string of the molecule is Nc1ccc(-c2sccc2-c2ccc(S(N)(=O)=O)cc2)cc1. The van der Waals surface area contributed by atoms with Crippen LogP contribution in [-0.4, -0.2) is 8.42 Å². The van der Waals surface area contributed by atoms with Gasteiger partial charge in [0.15, 0.2) is 0 Å². The molecule has 0 bridgehead atoms. The first-order chi connectivity index (χ1) is 10.4. The highest BCUT2D eigenvalue weighted by Gasteiger charge is 2.11. The van der Waals surface area contributed by atoms with Crippen molar-refractivity contribution in [1.82, 2.24) is 0 Å². The molecule has 3 rings (SSSR count). The maximum absolute atomic E-state index is 11.3. The minimum atomic E-state index is -3.67. The van der Waals surface area contributed by atoms with E-state index in [1.807, 2.05) is 35.7 Å². The Balaban J connectivity index is 2.03. The lowest BCUT2D eigenvalue weighted by atomic mass is 10.0. The predicted molar refractivity (Wildman–Crippen MR) is 91.0 cm³/mol. The zero-order valence-corrected chi connectivity index (χ0v) is 13.2. The molecule has 22 heavy (non-hydrogen) atoms. The Labute approximate surface area is 133 Å². The molecule has 0 aliphatic carbocycles. The zero-order chi connectivity index (χ0) is 15.7. The molecule has 0 unspecified atom stereocenters. The van der Waals surface area contributed by atoms with Gasteiger partial charge in [-0.05, 0) is 46.8 Å². The van der Waals surface area contributed by atoms with Crippen molar-refractivity contribution in [3.8, 4) is 21.6 Å². The third-order valence-electron chi connectivity index (χ3n) is 3.33. The van der Waals surface area contributed by atoms with Gasteiger partial charge < -0.3 is 5.73 Å². The van der Waals surface area contributed by atoms with E-state index in [9.17, 15) is 8.42 Å². The second-order valence-electron chi connectivity index (χ2n) is 4.85. The first-order valence-electron chi connectivity index (χ1n) is 6.52. The molecule has 0 spiro atoms. The Morgan fingerprint density at radius 3 is 2.00 bits per heavy atom. The summed E-state index contributed by atoms with van der Waals surface area (Å²) >= 11 is 1.63. The van der Waals surface area contributed by atoms with Crippen LogP contribution in [-0.2, 0) is 10.0 Å². The highest BCUT2D eigenvalue weighted by atomic mass is 32.2. The number of thiophene rings is 1. The molecule has 0 saturated heterocycles. The van der Waals surface area contributed by atoms with Crippen LogP contribution in [0.25, 0.3) is 21.6 Å². The number of anilines is 1. The molecule has 4 N–H and O–H groups in total. The van der Waals surface area contributed by atoms with Crippen LogP contribution >= 0.6 is 11.3 Å². The summed E-state index contributed by atoms with van der Waals surface area (Å²) in [5.74, 6) is 0. The number of sulfonamides is 1. The number of benzene rings is 2. The summed E-state index contributed by atoms with van der Waals surface area (Å²) in [6.45, 7) is 0. The van der Waals surface area contributed by atoms with Gasteiger partial charge in [-0.2, -0.15) is 0 Å². The van der Waals surface area contributed by atoms with Gasteiger partial charge in [-0.3, -0.25) is 0 Å². The summed E-state index contributed by atoms with van der Waals surface area (Å²) in [4.78, 5) is 1.23. The standard InChI is InChI=1S/C16H14N2O2S2/c17-13-5-1-12(2-6-13)16-15(9-10-21-16)11-3-7-14(8-4-11)22(18,19)20/h1-10H,17H2,(H2,18,19,20). The van der Waals surface area contributed by atoms with Gasteiger partial charge in [0.2, 0.25) is 10.0 Å². The van der Waals surface area contributed by atoms with Crippen molar-refractivity contribution >= 4 is 27.0 Å². The van der Waals surface area contributed by atoms with Crippen LogP contribution < -0.4 is 10.9 Å². The Morgan fingerprint density at radius 1 is 0.818 bits per heavy atom. The fourth-order valence-corrected chi connectivity index (χ4v) is 3.66. The molecule has 4 nitrogen and oxygen atoms in total. The number of nitrogen functional groups attached to an aromatic ring is 1. The van der Waals surface area contributed by atoms with Crippen molar-refractivity contribution in [2.75, 3.05) is 5.73 Å². The molecule has 3 aromatic rings. The number of nitrogens with two attached hydrogens (primary N) is 2. The first kappa shape index (κ1) is 14.8. The first-order valence-corrected chi connectivity index (χ1v) is 8.94. The second kappa shape index (κ2) is 5.57. The van der Waals surface area contributed by atoms with E-state index < -0.39 is 10.0 Å². The minimum absolute atomic E-state index is 0.112. The summed E-state index contributed by atoms with van der Waals surface area (Å²) in [7, 11) is -3.67. The molecule has 0 radical (unpaired) electrons. The predicted octanol–water partition coefficient (Wildman–Crippen LogP) is 3.31. The number of rotatable bonds is 3. The van der Waals surface area contributed by atoms with Crippen molar-refractivity contribution in [1.29, 1.82) is 0 Å². The monoisotopic (exact) mass is 330 g/mol. The molecule has 1 aromatic heterocycles. The maximum atomic E-state index is 11.3. The topological polar surface area (TPSA) is 86.2 Å². The highest BCUT2D eigenvalue weighted by molar-refractivity contribution is 7.89. The summed E-state index contributed by atoms with van der Waals surface area (Å²) in [6.07, 6.45) is 0. The molecule has 112 valence electrons. The maximum Gasteiger partial charge on any atom is 0.238 e. The van der Waals surface area contributed by atoms with Gasteiger partial charge in [-0.15, -0.1) is 11.3 Å². The van der Waals surface area contributed by atoms with Gasteiger partial charge in [0, 0.05) is 16.1 Å². The summed E-state index contributed by atoms with van der Waals surface area (Å²) in [5.41, 5.74) is 9.52. The number of primary sulfonamides is 1. The molecular formula is C16H14N2O2S2. The Kier molecular flexibility index (Phi) is 3.74. The fraction of sp³-hybridized carbons (Fsp3) is 0. The Hall–Kier alpha value is -2.15. The molecule has 0 aliphatic heterocycles. The van der Waals surface area contributed by atoms with E-state index in [4.69, 9.17) is 10.9 Å². The smallest absolute Gasteiger partial charge is 0.238 e. The highest BCUT2D eigenvalue weighted by Crippen LogP contribution is 2.37. The van der Waals surface area contributed by atoms with Gasteiger partial charge in [0.25, 0.3) is 0 Å². The quantitative estimate of drug-likeness (QED) is 0.722. The molecule has 0 saturated carbocycles. The lowest BCUT2D eigenvalue weighted by Crippen LogP contribution is -2.11. The van der Waals surface area contributed by atoms with Gasteiger partial charge in [-0.1, -0.05) is 24.3 Å². The van der Waals surface area contributed by atoms with Crippen LogP contribution in [0.2, 0.25) is 0 Å². The zero-order valence-electron chi connectivity index (χ0n) is 11.6. The molecule has 0 atom stereocenters. The van der Waals surface area contributed by atoms with E-state index in [1.165, 1.54) is 12.1 Å². The molecule has 0 fully saturated rings. The van der Waals surface area contributed by atoms with E-state index in [0.29, 0.717) is 0 Å². The fourth-order valence-electron chi connectivity index (χ4n) is 2.22. The van der Waals surface area contributed by atoms with Crippen molar-refractivity contribution in [2.24, 2.45) is 5.14 Å². The van der Waals surface area contributed by atoms with Crippen LogP contribution in [0.3, 0.4) is 0 Å². The van der Waals surface area contributed by atoms with Crippen molar-refractivity contribution in [2.45, 2.75) is 4.90 Å². The molecule has 2 aromatic carbocycles. The minimum Gasteiger partial charge on any atom is -0.399 e. The normalized spacial score (nSPS) is 11.5. The average molecular weight is 330 g/mol. The van der Waals surface area contributed by atoms with E-state index >= 15 is 0 Å². The van der Waals surface area contributed by atoms with E-state index in [2.05, 4.69) is 0 Å². The molecule has 0 amide bonds. The second-order valence-corrected chi connectivity index (χ2v) is 7.33. The third kappa shape index (κ3) is 2.89. The lowest BCUT2D eigenvalue weighted by molar-refractivity contribution is 0.598. The molecule has 0 aliphatic rings. The third-order valence-corrected chi connectivity index (χ3v) is 5.22.